The summed E-state index contributed by atoms with van der Waals surface area (Å²) in [6.45, 7) is 5.91. The van der Waals surface area contributed by atoms with Gasteiger partial charge in [0.25, 0.3) is 0 Å². The van der Waals surface area contributed by atoms with E-state index in [1.54, 1.807) is 22.0 Å². The molecule has 0 saturated heterocycles. The molecule has 0 radical (unpaired) electrons. The van der Waals surface area contributed by atoms with Gasteiger partial charge in [0, 0.05) is 17.2 Å². The van der Waals surface area contributed by atoms with Crippen LogP contribution in [-0.2, 0) is 5.54 Å². The maximum atomic E-state index is 9.73. The maximum Gasteiger partial charge on any atom is 0.184 e. The third kappa shape index (κ3) is 3.26. The number of benzene rings is 1. The first kappa shape index (κ1) is 20.2. The van der Waals surface area contributed by atoms with E-state index < -0.39 is 5.54 Å². The molecule has 0 aliphatic heterocycles. The minimum Gasteiger partial charge on any atom is -0.393 e. The topological polar surface area (TPSA) is 102 Å². The normalized spacial score (nSPS) is 20.3. The molecule has 33 heavy (non-hydrogen) atoms. The van der Waals surface area contributed by atoms with Crippen LogP contribution in [0, 0.1) is 0 Å². The molecule has 1 saturated carbocycles. The molecule has 1 fully saturated rings. The molecule has 4 heterocycles. The van der Waals surface area contributed by atoms with Crippen molar-refractivity contribution in [2.45, 2.75) is 31.4 Å². The van der Waals surface area contributed by atoms with Crippen molar-refractivity contribution in [3.8, 4) is 21.8 Å². The standard InChI is InChI=1S/C25H22N6OS/c1-14(2)18-10-21-27-13-19-24(31(21)30-18)29-22(23(28-19)20-4-3-9-33-20)15-5-7-16(8-6-15)25(26)11-17(32)12-25/h3-10,13,17,32H,1,11-12,26H2,2H3/t17-,25-. The highest BCUT2D eigenvalue weighted by molar-refractivity contribution is 7.13. The highest BCUT2D eigenvalue weighted by atomic mass is 32.1. The molecule has 6 rings (SSSR count). The molecule has 0 spiro atoms. The number of nitrogens with zero attached hydrogens (tertiary/aromatic N) is 5. The summed E-state index contributed by atoms with van der Waals surface area (Å²) in [5.41, 5.74) is 13.2. The Morgan fingerprint density at radius 3 is 2.64 bits per heavy atom. The minimum atomic E-state index is -0.463. The number of fused-ring (bicyclic) bond motifs is 3. The number of aliphatic hydroxyl groups is 1. The Morgan fingerprint density at radius 2 is 1.97 bits per heavy atom. The Hall–Kier alpha value is -3.46. The van der Waals surface area contributed by atoms with Crippen LogP contribution in [0.1, 0.15) is 31.0 Å². The second kappa shape index (κ2) is 7.28. The van der Waals surface area contributed by atoms with Crippen molar-refractivity contribution < 1.29 is 5.11 Å². The van der Waals surface area contributed by atoms with Crippen LogP contribution >= 0.6 is 11.3 Å². The van der Waals surface area contributed by atoms with Crippen molar-refractivity contribution in [3.05, 3.63) is 71.9 Å². The van der Waals surface area contributed by atoms with Crippen molar-refractivity contribution in [1.82, 2.24) is 24.6 Å². The number of hydrogen-bond donors (Lipinski definition) is 2. The average molecular weight is 455 g/mol. The van der Waals surface area contributed by atoms with Crippen LogP contribution in [0.25, 0.3) is 44.2 Å². The summed E-state index contributed by atoms with van der Waals surface area (Å²) in [5.74, 6) is 0. The van der Waals surface area contributed by atoms with Crippen LogP contribution in [0.4, 0.5) is 0 Å². The molecule has 0 amide bonds. The molecule has 0 bridgehead atoms. The Labute approximate surface area is 194 Å². The molecule has 0 unspecified atom stereocenters. The van der Waals surface area contributed by atoms with E-state index in [4.69, 9.17) is 15.7 Å². The first-order chi connectivity index (χ1) is 15.9. The Balaban J connectivity index is 1.55. The summed E-state index contributed by atoms with van der Waals surface area (Å²) in [6, 6.07) is 14.1. The number of aliphatic hydroxyl groups excluding tert-OH is 1. The molecule has 1 aliphatic carbocycles. The number of hydrogen-bond acceptors (Lipinski definition) is 7. The quantitative estimate of drug-likeness (QED) is 0.417. The van der Waals surface area contributed by atoms with Crippen molar-refractivity contribution >= 4 is 33.7 Å². The highest BCUT2D eigenvalue weighted by Gasteiger charge is 2.41. The lowest BCUT2D eigenvalue weighted by Gasteiger charge is -2.42. The Kier molecular flexibility index (Phi) is 4.45. The van der Waals surface area contributed by atoms with E-state index in [1.807, 2.05) is 54.8 Å². The van der Waals surface area contributed by atoms with Gasteiger partial charge in [0.1, 0.15) is 11.2 Å². The van der Waals surface area contributed by atoms with Gasteiger partial charge in [0.05, 0.1) is 28.6 Å². The smallest absolute Gasteiger partial charge is 0.184 e. The third-order valence-corrected chi connectivity index (χ3v) is 7.12. The number of aromatic nitrogens is 5. The Bertz CT molecular complexity index is 1510. The summed E-state index contributed by atoms with van der Waals surface area (Å²) in [7, 11) is 0. The van der Waals surface area contributed by atoms with Crippen LogP contribution in [0.2, 0.25) is 0 Å². The lowest BCUT2D eigenvalue weighted by atomic mass is 9.70. The van der Waals surface area contributed by atoms with E-state index >= 15 is 0 Å². The van der Waals surface area contributed by atoms with Gasteiger partial charge in [0.2, 0.25) is 0 Å². The molecular weight excluding hydrogens is 432 g/mol. The van der Waals surface area contributed by atoms with E-state index in [1.165, 1.54) is 0 Å². The van der Waals surface area contributed by atoms with Gasteiger partial charge in [-0.15, -0.1) is 11.3 Å². The summed E-state index contributed by atoms with van der Waals surface area (Å²) >= 11 is 1.62. The molecule has 5 aromatic rings. The number of thiophene rings is 1. The van der Waals surface area contributed by atoms with Gasteiger partial charge in [0.15, 0.2) is 11.3 Å². The SMILES string of the molecule is C=C(C)c1cc2ncc3nc(-c4cccs4)c(-c4ccc([C@]5(N)C[C@H](O)C5)cc4)nc3n2n1. The van der Waals surface area contributed by atoms with Gasteiger partial charge < -0.3 is 10.8 Å². The van der Waals surface area contributed by atoms with Gasteiger partial charge in [-0.2, -0.15) is 9.61 Å². The zero-order valence-electron chi connectivity index (χ0n) is 18.1. The van der Waals surface area contributed by atoms with E-state index in [0.717, 1.165) is 38.7 Å². The molecule has 164 valence electrons. The van der Waals surface area contributed by atoms with Crippen LogP contribution in [0.3, 0.4) is 0 Å². The van der Waals surface area contributed by atoms with E-state index in [2.05, 4.69) is 16.7 Å². The predicted octanol–water partition coefficient (Wildman–Crippen LogP) is 4.41. The van der Waals surface area contributed by atoms with Crippen LogP contribution in [0.15, 0.2) is 60.6 Å². The van der Waals surface area contributed by atoms with Gasteiger partial charge in [-0.3, -0.25) is 0 Å². The van der Waals surface area contributed by atoms with Gasteiger partial charge in [-0.25, -0.2) is 15.0 Å². The summed E-state index contributed by atoms with van der Waals surface area (Å²) in [5, 5.41) is 16.4. The lowest BCUT2D eigenvalue weighted by molar-refractivity contribution is 0.0209. The average Bonchev–Trinajstić information content (AvgIpc) is 3.47. The van der Waals surface area contributed by atoms with Crippen molar-refractivity contribution in [2.75, 3.05) is 0 Å². The monoisotopic (exact) mass is 454 g/mol. The second-order valence-corrected chi connectivity index (χ2v) is 9.69. The van der Waals surface area contributed by atoms with Crippen LogP contribution in [-0.4, -0.2) is 35.8 Å². The molecule has 7 nitrogen and oxygen atoms in total. The van der Waals surface area contributed by atoms with Crippen LogP contribution in [0.5, 0.6) is 0 Å². The predicted molar refractivity (Wildman–Crippen MR) is 131 cm³/mol. The molecule has 0 atom stereocenters. The first-order valence-electron chi connectivity index (χ1n) is 10.8. The molecule has 1 aliphatic rings. The van der Waals surface area contributed by atoms with Crippen molar-refractivity contribution in [3.63, 3.8) is 0 Å². The van der Waals surface area contributed by atoms with Gasteiger partial charge in [-0.05, 0) is 42.3 Å². The summed E-state index contributed by atoms with van der Waals surface area (Å²) in [4.78, 5) is 15.6. The zero-order chi connectivity index (χ0) is 22.7. The fourth-order valence-corrected chi connectivity index (χ4v) is 5.11. The Morgan fingerprint density at radius 1 is 1.18 bits per heavy atom. The molecule has 1 aromatic carbocycles. The zero-order valence-corrected chi connectivity index (χ0v) is 18.9. The fraction of sp³-hybridized carbons (Fsp3) is 0.200. The van der Waals surface area contributed by atoms with Gasteiger partial charge >= 0.3 is 0 Å². The van der Waals surface area contributed by atoms with E-state index in [9.17, 15) is 5.11 Å². The molecular formula is C25H22N6OS. The third-order valence-electron chi connectivity index (χ3n) is 6.24. The largest absolute Gasteiger partial charge is 0.393 e. The first-order valence-corrected chi connectivity index (χ1v) is 11.6. The number of rotatable bonds is 4. The van der Waals surface area contributed by atoms with Gasteiger partial charge in [-0.1, -0.05) is 36.9 Å². The second-order valence-electron chi connectivity index (χ2n) is 8.74. The van der Waals surface area contributed by atoms with Crippen LogP contribution < -0.4 is 5.73 Å². The lowest BCUT2D eigenvalue weighted by Crippen LogP contribution is -2.51. The van der Waals surface area contributed by atoms with E-state index in [0.29, 0.717) is 29.7 Å². The highest BCUT2D eigenvalue weighted by Crippen LogP contribution is 2.40. The fourth-order valence-electron chi connectivity index (χ4n) is 4.40. The van der Waals surface area contributed by atoms with E-state index in [-0.39, 0.29) is 6.10 Å². The summed E-state index contributed by atoms with van der Waals surface area (Å²) in [6.07, 6.45) is 2.59. The summed E-state index contributed by atoms with van der Waals surface area (Å²) < 4.78 is 1.73. The van der Waals surface area contributed by atoms with Crippen molar-refractivity contribution in [1.29, 1.82) is 0 Å². The maximum absolute atomic E-state index is 9.73. The number of allylic oxidation sites excluding steroid dienone is 1. The number of nitrogens with two attached hydrogens (primary N) is 1. The molecule has 4 aromatic heterocycles. The molecule has 8 heteroatoms. The van der Waals surface area contributed by atoms with Crippen molar-refractivity contribution in [2.24, 2.45) is 5.73 Å². The molecule has 3 N–H and O–H groups in total. The minimum absolute atomic E-state index is 0.319.